The quantitative estimate of drug-likeness (QED) is 0.500. The van der Waals surface area contributed by atoms with Crippen LogP contribution in [0.1, 0.15) is 31.1 Å². The average Bonchev–Trinajstić information content (AvgIpc) is 3.27. The molecule has 7 heteroatoms. The van der Waals surface area contributed by atoms with Crippen molar-refractivity contribution in [2.45, 2.75) is 0 Å². The maximum atomic E-state index is 12.5. The molecule has 28 heavy (non-hydrogen) atoms. The highest BCUT2D eigenvalue weighted by Gasteiger charge is 2.17. The highest BCUT2D eigenvalue weighted by molar-refractivity contribution is 5.97. The number of ether oxygens (including phenoxy) is 3. The van der Waals surface area contributed by atoms with Crippen molar-refractivity contribution >= 4 is 17.9 Å². The van der Waals surface area contributed by atoms with Crippen LogP contribution in [-0.4, -0.2) is 36.7 Å². The Kier molecular flexibility index (Phi) is 5.55. The van der Waals surface area contributed by atoms with E-state index in [1.807, 2.05) is 29.1 Å². The van der Waals surface area contributed by atoms with Crippen LogP contribution in [0.5, 0.6) is 5.75 Å². The first-order chi connectivity index (χ1) is 13.5. The molecule has 0 aliphatic heterocycles. The summed E-state index contributed by atoms with van der Waals surface area (Å²) in [6.07, 6.45) is 3.78. The smallest absolute Gasteiger partial charge is 0.343 e. The van der Waals surface area contributed by atoms with Crippen LogP contribution in [0.3, 0.4) is 0 Å². The molecule has 142 valence electrons. The van der Waals surface area contributed by atoms with Crippen molar-refractivity contribution in [3.8, 4) is 11.4 Å². The fourth-order valence-electron chi connectivity index (χ4n) is 2.57. The normalized spacial score (nSPS) is 10.2. The summed E-state index contributed by atoms with van der Waals surface area (Å²) in [6.45, 7) is 0. The van der Waals surface area contributed by atoms with Gasteiger partial charge in [0.25, 0.3) is 0 Å². The molecule has 3 rings (SSSR count). The monoisotopic (exact) mass is 379 g/mol. The number of hydrogen-bond acceptors (Lipinski definition) is 6. The van der Waals surface area contributed by atoms with E-state index in [9.17, 15) is 14.4 Å². The van der Waals surface area contributed by atoms with Gasteiger partial charge in [0, 0.05) is 18.1 Å². The zero-order chi connectivity index (χ0) is 20.1. The van der Waals surface area contributed by atoms with Crippen molar-refractivity contribution in [2.75, 3.05) is 14.2 Å². The van der Waals surface area contributed by atoms with Crippen molar-refractivity contribution in [1.82, 2.24) is 4.57 Å². The van der Waals surface area contributed by atoms with Gasteiger partial charge in [0.2, 0.25) is 0 Å². The third-order valence-electron chi connectivity index (χ3n) is 3.96. The first-order valence-electron chi connectivity index (χ1n) is 8.29. The highest BCUT2D eigenvalue weighted by atomic mass is 16.5. The molecule has 0 aliphatic carbocycles. The van der Waals surface area contributed by atoms with Crippen LogP contribution in [0, 0.1) is 0 Å². The van der Waals surface area contributed by atoms with Gasteiger partial charge in [-0.2, -0.15) is 0 Å². The molecule has 0 aliphatic rings. The molecule has 1 heterocycles. The van der Waals surface area contributed by atoms with Gasteiger partial charge in [0.05, 0.1) is 30.9 Å². The van der Waals surface area contributed by atoms with Crippen molar-refractivity contribution < 1.29 is 28.6 Å². The second-order valence-corrected chi connectivity index (χ2v) is 5.76. The number of hydrogen-bond donors (Lipinski definition) is 0. The Labute approximate surface area is 161 Å². The van der Waals surface area contributed by atoms with Crippen molar-refractivity contribution in [3.05, 3.63) is 83.7 Å². The molecule has 3 aromatic rings. The first kappa shape index (κ1) is 18.9. The SMILES string of the molecule is COC(=O)c1cc(OC(=O)c2ccc(-n3cccc3)cc2)cc(C(=O)OC)c1. The Bertz CT molecular complexity index is 972. The Morgan fingerprint density at radius 2 is 1.25 bits per heavy atom. The van der Waals surface area contributed by atoms with Crippen LogP contribution in [-0.2, 0) is 9.47 Å². The van der Waals surface area contributed by atoms with Crippen molar-refractivity contribution in [3.63, 3.8) is 0 Å². The number of aromatic nitrogens is 1. The number of carbonyl (C=O) groups is 3. The van der Waals surface area contributed by atoms with E-state index in [1.54, 1.807) is 24.3 Å². The van der Waals surface area contributed by atoms with Gasteiger partial charge >= 0.3 is 17.9 Å². The summed E-state index contributed by atoms with van der Waals surface area (Å²) in [6, 6.07) is 14.6. The Hall–Kier alpha value is -3.87. The molecule has 0 fully saturated rings. The summed E-state index contributed by atoms with van der Waals surface area (Å²) in [7, 11) is 2.43. The molecule has 0 radical (unpaired) electrons. The maximum absolute atomic E-state index is 12.5. The molecule has 0 saturated carbocycles. The lowest BCUT2D eigenvalue weighted by Gasteiger charge is -2.09. The average molecular weight is 379 g/mol. The molecule has 0 bridgehead atoms. The predicted molar refractivity (Wildman–Crippen MR) is 99.8 cm³/mol. The zero-order valence-corrected chi connectivity index (χ0v) is 15.2. The van der Waals surface area contributed by atoms with E-state index < -0.39 is 17.9 Å². The molecule has 7 nitrogen and oxygen atoms in total. The summed E-state index contributed by atoms with van der Waals surface area (Å²) in [5.74, 6) is -1.93. The summed E-state index contributed by atoms with van der Waals surface area (Å²) >= 11 is 0. The minimum absolute atomic E-state index is 0.0304. The Morgan fingerprint density at radius 1 is 0.714 bits per heavy atom. The molecule has 0 saturated heterocycles. The molecule has 0 atom stereocenters. The number of nitrogens with zero attached hydrogens (tertiary/aromatic N) is 1. The van der Waals surface area contributed by atoms with Crippen LogP contribution in [0.15, 0.2) is 67.0 Å². The number of carbonyl (C=O) groups excluding carboxylic acids is 3. The van der Waals surface area contributed by atoms with Gasteiger partial charge < -0.3 is 18.8 Å². The minimum Gasteiger partial charge on any atom is -0.465 e. The van der Waals surface area contributed by atoms with Gasteiger partial charge in [0.15, 0.2) is 0 Å². The molecular formula is C21H17NO6. The third kappa shape index (κ3) is 4.09. The van der Waals surface area contributed by atoms with E-state index >= 15 is 0 Å². The van der Waals surface area contributed by atoms with Crippen LogP contribution < -0.4 is 4.74 Å². The van der Waals surface area contributed by atoms with Gasteiger partial charge in [-0.25, -0.2) is 14.4 Å². The van der Waals surface area contributed by atoms with Crippen LogP contribution in [0.2, 0.25) is 0 Å². The lowest BCUT2D eigenvalue weighted by Crippen LogP contribution is -2.11. The third-order valence-corrected chi connectivity index (χ3v) is 3.96. The van der Waals surface area contributed by atoms with Gasteiger partial charge in [-0.3, -0.25) is 0 Å². The number of benzene rings is 2. The Morgan fingerprint density at radius 3 is 1.75 bits per heavy atom. The van der Waals surface area contributed by atoms with E-state index in [2.05, 4.69) is 9.47 Å². The lowest BCUT2D eigenvalue weighted by molar-refractivity contribution is 0.0593. The second kappa shape index (κ2) is 8.22. The number of methoxy groups -OCH3 is 2. The van der Waals surface area contributed by atoms with Crippen molar-refractivity contribution in [2.24, 2.45) is 0 Å². The van der Waals surface area contributed by atoms with Gasteiger partial charge in [-0.05, 0) is 54.6 Å². The van der Waals surface area contributed by atoms with Crippen LogP contribution in [0.25, 0.3) is 5.69 Å². The van der Waals surface area contributed by atoms with Crippen LogP contribution in [0.4, 0.5) is 0 Å². The molecule has 0 spiro atoms. The fraction of sp³-hybridized carbons (Fsp3) is 0.0952. The van der Waals surface area contributed by atoms with E-state index in [-0.39, 0.29) is 16.9 Å². The van der Waals surface area contributed by atoms with E-state index in [0.29, 0.717) is 5.56 Å². The van der Waals surface area contributed by atoms with E-state index in [1.165, 1.54) is 32.4 Å². The van der Waals surface area contributed by atoms with Gasteiger partial charge in [-0.1, -0.05) is 0 Å². The molecule has 0 amide bonds. The predicted octanol–water partition coefficient (Wildman–Crippen LogP) is 3.27. The summed E-state index contributed by atoms with van der Waals surface area (Å²) in [4.78, 5) is 36.1. The number of rotatable bonds is 5. The summed E-state index contributed by atoms with van der Waals surface area (Å²) < 4.78 is 16.6. The largest absolute Gasteiger partial charge is 0.465 e. The maximum Gasteiger partial charge on any atom is 0.343 e. The molecule has 2 aromatic carbocycles. The summed E-state index contributed by atoms with van der Waals surface area (Å²) in [5.41, 5.74) is 1.34. The minimum atomic E-state index is -0.667. The number of esters is 3. The van der Waals surface area contributed by atoms with Crippen LogP contribution >= 0.6 is 0 Å². The topological polar surface area (TPSA) is 83.8 Å². The van der Waals surface area contributed by atoms with E-state index in [0.717, 1.165) is 5.69 Å². The summed E-state index contributed by atoms with van der Waals surface area (Å²) in [5, 5.41) is 0. The molecule has 0 unspecified atom stereocenters. The zero-order valence-electron chi connectivity index (χ0n) is 15.2. The standard InChI is InChI=1S/C21H17NO6/c1-26-19(23)15-11-16(20(24)27-2)13-18(12-15)28-21(25)14-5-7-17(8-6-14)22-9-3-4-10-22/h3-13H,1-2H3. The first-order valence-corrected chi connectivity index (χ1v) is 8.29. The molecule has 1 aromatic heterocycles. The lowest BCUT2D eigenvalue weighted by atomic mass is 10.1. The highest BCUT2D eigenvalue weighted by Crippen LogP contribution is 2.21. The van der Waals surface area contributed by atoms with Gasteiger partial charge in [0.1, 0.15) is 5.75 Å². The Balaban J connectivity index is 1.84. The van der Waals surface area contributed by atoms with Gasteiger partial charge in [-0.15, -0.1) is 0 Å². The molecular weight excluding hydrogens is 362 g/mol. The van der Waals surface area contributed by atoms with E-state index in [4.69, 9.17) is 4.74 Å². The van der Waals surface area contributed by atoms with Crippen molar-refractivity contribution in [1.29, 1.82) is 0 Å². The molecule has 0 N–H and O–H groups in total. The fourth-order valence-corrected chi connectivity index (χ4v) is 2.57. The second-order valence-electron chi connectivity index (χ2n) is 5.76.